The Morgan fingerprint density at radius 3 is 2.52 bits per heavy atom. The van der Waals surface area contributed by atoms with Crippen LogP contribution in [0.3, 0.4) is 0 Å². The molecule has 142 valence electrons. The van der Waals surface area contributed by atoms with E-state index in [-0.39, 0.29) is 17.6 Å². The van der Waals surface area contributed by atoms with Gasteiger partial charge in [-0.25, -0.2) is 8.42 Å². The normalized spacial score (nSPS) is 12.9. The molecule has 1 atom stereocenters. The van der Waals surface area contributed by atoms with Crippen LogP contribution in [0.1, 0.15) is 34.6 Å². The highest BCUT2D eigenvalue weighted by atomic mass is 35.5. The van der Waals surface area contributed by atoms with Crippen LogP contribution in [0, 0.1) is 0 Å². The average molecular weight is 426 g/mol. The second kappa shape index (κ2) is 7.54. The maximum Gasteiger partial charge on any atom is 0.287 e. The minimum atomic E-state index is -3.36. The number of sulfone groups is 1. The van der Waals surface area contributed by atoms with Gasteiger partial charge in [-0.2, -0.15) is 0 Å². The Kier molecular flexibility index (Phi) is 5.51. The number of carbonyl (C=O) groups is 1. The molecule has 27 heavy (non-hydrogen) atoms. The first kappa shape index (κ1) is 19.7. The lowest BCUT2D eigenvalue weighted by molar-refractivity contribution is 0.0913. The predicted octanol–water partition coefficient (Wildman–Crippen LogP) is 4.78. The van der Waals surface area contributed by atoms with E-state index in [4.69, 9.17) is 27.6 Å². The lowest BCUT2D eigenvalue weighted by atomic mass is 10.1. The van der Waals surface area contributed by atoms with Gasteiger partial charge < -0.3 is 9.73 Å². The summed E-state index contributed by atoms with van der Waals surface area (Å²) in [5.41, 5.74) is 1.58. The zero-order valence-electron chi connectivity index (χ0n) is 14.6. The van der Waals surface area contributed by atoms with Crippen LogP contribution in [-0.4, -0.2) is 20.6 Å². The monoisotopic (exact) mass is 425 g/mol. The molecule has 8 heteroatoms. The number of hydrogen-bond acceptors (Lipinski definition) is 4. The van der Waals surface area contributed by atoms with E-state index in [0.717, 1.165) is 11.8 Å². The lowest BCUT2D eigenvalue weighted by Crippen LogP contribution is -2.27. The van der Waals surface area contributed by atoms with Crippen LogP contribution < -0.4 is 5.32 Å². The number of amides is 1. The van der Waals surface area contributed by atoms with Crippen molar-refractivity contribution in [3.8, 4) is 0 Å². The van der Waals surface area contributed by atoms with Crippen molar-refractivity contribution in [3.63, 3.8) is 0 Å². The third-order valence-corrected chi connectivity index (χ3v) is 5.65. The van der Waals surface area contributed by atoms with Gasteiger partial charge in [-0.1, -0.05) is 47.5 Å². The van der Waals surface area contributed by atoms with E-state index in [0.29, 0.717) is 26.6 Å². The van der Waals surface area contributed by atoms with Crippen LogP contribution in [0.5, 0.6) is 0 Å². The number of benzene rings is 2. The topological polar surface area (TPSA) is 76.4 Å². The molecular formula is C19H17Cl2NO4S. The molecule has 0 spiro atoms. The minimum Gasteiger partial charge on any atom is -0.451 e. The summed E-state index contributed by atoms with van der Waals surface area (Å²) in [6.45, 7) is 1.79. The van der Waals surface area contributed by atoms with Crippen molar-refractivity contribution in [3.05, 3.63) is 69.4 Å². The number of para-hydroxylation sites is 1. The van der Waals surface area contributed by atoms with Crippen molar-refractivity contribution in [1.82, 2.24) is 5.32 Å². The largest absolute Gasteiger partial charge is 0.451 e. The minimum absolute atomic E-state index is 0.00599. The van der Waals surface area contributed by atoms with Gasteiger partial charge in [-0.3, -0.25) is 4.79 Å². The molecule has 0 saturated heterocycles. The Hall–Kier alpha value is -2.02. The van der Waals surface area contributed by atoms with Crippen LogP contribution in [0.15, 0.2) is 46.9 Å². The number of nitrogens with one attached hydrogen (secondary N) is 1. The van der Waals surface area contributed by atoms with Crippen molar-refractivity contribution in [1.29, 1.82) is 0 Å². The Morgan fingerprint density at radius 1 is 1.15 bits per heavy atom. The fraction of sp³-hybridized carbons (Fsp3) is 0.211. The summed E-state index contributed by atoms with van der Waals surface area (Å²) in [6.07, 6.45) is 1.12. The summed E-state index contributed by atoms with van der Waals surface area (Å²) in [4.78, 5) is 12.8. The molecule has 0 aliphatic heterocycles. The molecule has 0 bridgehead atoms. The molecule has 3 rings (SSSR count). The number of carbonyl (C=O) groups excluding carboxylic acids is 1. The first-order valence-corrected chi connectivity index (χ1v) is 10.9. The summed E-state index contributed by atoms with van der Waals surface area (Å²) in [6, 6.07) is 11.7. The van der Waals surface area contributed by atoms with Gasteiger partial charge in [0.25, 0.3) is 5.91 Å². The van der Waals surface area contributed by atoms with E-state index in [1.165, 1.54) is 0 Å². The highest BCUT2D eigenvalue weighted by Gasteiger charge is 2.24. The van der Waals surface area contributed by atoms with Gasteiger partial charge in [0, 0.05) is 17.2 Å². The Balaban J connectivity index is 1.95. The van der Waals surface area contributed by atoms with Crippen LogP contribution in [0.2, 0.25) is 10.0 Å². The molecule has 1 unspecified atom stereocenters. The zero-order chi connectivity index (χ0) is 19.8. The third kappa shape index (κ3) is 4.46. The molecule has 1 N–H and O–H groups in total. The number of hydrogen-bond donors (Lipinski definition) is 1. The van der Waals surface area contributed by atoms with Crippen LogP contribution in [-0.2, 0) is 15.6 Å². The van der Waals surface area contributed by atoms with Crippen molar-refractivity contribution in [2.24, 2.45) is 0 Å². The van der Waals surface area contributed by atoms with Crippen molar-refractivity contribution in [2.75, 3.05) is 6.26 Å². The van der Waals surface area contributed by atoms with E-state index in [1.54, 1.807) is 49.4 Å². The van der Waals surface area contributed by atoms with E-state index >= 15 is 0 Å². The molecule has 0 aliphatic rings. The van der Waals surface area contributed by atoms with Gasteiger partial charge in [-0.15, -0.1) is 0 Å². The van der Waals surface area contributed by atoms with Gasteiger partial charge in [0.2, 0.25) is 0 Å². The van der Waals surface area contributed by atoms with Gasteiger partial charge in [-0.05, 0) is 30.7 Å². The summed E-state index contributed by atoms with van der Waals surface area (Å²) in [7, 11) is -3.36. The smallest absolute Gasteiger partial charge is 0.287 e. The Morgan fingerprint density at radius 2 is 1.85 bits per heavy atom. The molecule has 0 aliphatic carbocycles. The highest BCUT2D eigenvalue weighted by molar-refractivity contribution is 7.89. The molecule has 1 aromatic heterocycles. The zero-order valence-corrected chi connectivity index (χ0v) is 17.0. The summed E-state index contributed by atoms with van der Waals surface area (Å²) < 4.78 is 29.3. The first-order valence-electron chi connectivity index (χ1n) is 8.09. The molecule has 0 radical (unpaired) electrons. The summed E-state index contributed by atoms with van der Waals surface area (Å²) in [5, 5.41) is 4.23. The van der Waals surface area contributed by atoms with Crippen LogP contribution in [0.25, 0.3) is 11.0 Å². The van der Waals surface area contributed by atoms with Crippen molar-refractivity contribution in [2.45, 2.75) is 18.7 Å². The standard InChI is InChI=1S/C19H17Cl2NO4S/c1-11(12-7-8-15(20)16(21)9-12)22-19(23)18-14(10-27(2,24)25)13-5-3-4-6-17(13)26-18/h3-9,11H,10H2,1-2H3,(H,22,23). The summed E-state index contributed by atoms with van der Waals surface area (Å²) >= 11 is 12.0. The molecular weight excluding hydrogens is 409 g/mol. The molecule has 3 aromatic rings. The molecule has 0 fully saturated rings. The quantitative estimate of drug-likeness (QED) is 0.638. The average Bonchev–Trinajstić information content (AvgIpc) is 2.94. The molecule has 1 amide bonds. The second-order valence-corrected chi connectivity index (χ2v) is 9.30. The van der Waals surface area contributed by atoms with E-state index in [2.05, 4.69) is 5.32 Å². The second-order valence-electron chi connectivity index (χ2n) is 6.34. The van der Waals surface area contributed by atoms with Gasteiger partial charge in [0.05, 0.1) is 21.8 Å². The predicted molar refractivity (Wildman–Crippen MR) is 107 cm³/mol. The Labute approximate surface area is 167 Å². The van der Waals surface area contributed by atoms with Crippen LogP contribution in [0.4, 0.5) is 0 Å². The molecule has 1 heterocycles. The summed E-state index contributed by atoms with van der Waals surface area (Å²) in [5.74, 6) is -0.787. The van der Waals surface area contributed by atoms with Gasteiger partial charge in [0.15, 0.2) is 15.6 Å². The fourth-order valence-electron chi connectivity index (χ4n) is 2.81. The third-order valence-electron chi connectivity index (χ3n) is 4.10. The van der Waals surface area contributed by atoms with E-state index in [1.807, 2.05) is 0 Å². The van der Waals surface area contributed by atoms with Crippen LogP contribution >= 0.6 is 23.2 Å². The number of halogens is 2. The molecule has 0 saturated carbocycles. The SMILES string of the molecule is CC(NC(=O)c1oc2ccccc2c1CS(C)(=O)=O)c1ccc(Cl)c(Cl)c1. The maximum atomic E-state index is 12.8. The number of rotatable bonds is 5. The van der Waals surface area contributed by atoms with Gasteiger partial charge >= 0.3 is 0 Å². The molecule has 2 aromatic carbocycles. The van der Waals surface area contributed by atoms with Gasteiger partial charge in [0.1, 0.15) is 5.58 Å². The first-order chi connectivity index (χ1) is 12.7. The maximum absolute atomic E-state index is 12.8. The Bertz CT molecular complexity index is 1120. The number of furan rings is 1. The van der Waals surface area contributed by atoms with E-state index < -0.39 is 15.7 Å². The van der Waals surface area contributed by atoms with Crippen molar-refractivity contribution < 1.29 is 17.6 Å². The fourth-order valence-corrected chi connectivity index (χ4v) is 3.93. The lowest BCUT2D eigenvalue weighted by Gasteiger charge is -2.14. The van der Waals surface area contributed by atoms with E-state index in [9.17, 15) is 13.2 Å². The highest BCUT2D eigenvalue weighted by Crippen LogP contribution is 2.29. The number of fused-ring (bicyclic) bond motifs is 1. The molecule has 5 nitrogen and oxygen atoms in total. The van der Waals surface area contributed by atoms with Crippen molar-refractivity contribution >= 4 is 49.9 Å².